The van der Waals surface area contributed by atoms with Gasteiger partial charge in [0.25, 0.3) is 5.91 Å². The molecule has 1 N–H and O–H groups in total. The Bertz CT molecular complexity index is 583. The van der Waals surface area contributed by atoms with Crippen LogP contribution in [0, 0.1) is 5.92 Å². The molecule has 7 heteroatoms. The van der Waals surface area contributed by atoms with Crippen LogP contribution in [0.4, 0.5) is 4.79 Å². The number of hydrogen-bond donors (Lipinski definition) is 1. The van der Waals surface area contributed by atoms with E-state index in [1.54, 1.807) is 24.3 Å². The Morgan fingerprint density at radius 1 is 1.26 bits per heavy atom. The summed E-state index contributed by atoms with van der Waals surface area (Å²) >= 11 is 0. The number of amides is 3. The fraction of sp³-hybridized carbons (Fsp3) is 0.438. The zero-order chi connectivity index (χ0) is 16.8. The lowest BCUT2D eigenvalue weighted by atomic mass is 10.2. The number of esters is 1. The first-order chi connectivity index (χ1) is 11.0. The van der Waals surface area contributed by atoms with Crippen molar-refractivity contribution in [3.05, 3.63) is 29.8 Å². The van der Waals surface area contributed by atoms with Crippen molar-refractivity contribution in [3.8, 4) is 5.75 Å². The van der Waals surface area contributed by atoms with E-state index in [1.165, 1.54) is 0 Å². The maximum atomic E-state index is 11.9. The normalized spacial score (nSPS) is 13.9. The van der Waals surface area contributed by atoms with E-state index in [1.807, 2.05) is 13.8 Å². The van der Waals surface area contributed by atoms with Gasteiger partial charge in [0.15, 0.2) is 6.61 Å². The number of nitrogens with one attached hydrogen (secondary N) is 1. The van der Waals surface area contributed by atoms with Crippen LogP contribution in [-0.2, 0) is 9.53 Å². The monoisotopic (exact) mass is 320 g/mol. The van der Waals surface area contributed by atoms with Crippen molar-refractivity contribution in [2.24, 2.45) is 5.92 Å². The standard InChI is InChI=1S/C16H20N2O5/c1-11(2)9-22-13-5-3-12(4-6-13)15(20)23-10-14(19)18-8-7-17-16(18)21/h3-6,11H,7-10H2,1-2H3,(H,17,21). The molecule has 1 heterocycles. The van der Waals surface area contributed by atoms with Crippen molar-refractivity contribution in [2.75, 3.05) is 26.3 Å². The lowest BCUT2D eigenvalue weighted by Crippen LogP contribution is -2.37. The summed E-state index contributed by atoms with van der Waals surface area (Å²) in [6, 6.07) is 6.04. The van der Waals surface area contributed by atoms with E-state index in [0.717, 1.165) is 4.90 Å². The average Bonchev–Trinajstić information content (AvgIpc) is 2.97. The van der Waals surface area contributed by atoms with Crippen molar-refractivity contribution in [1.29, 1.82) is 0 Å². The number of carbonyl (C=O) groups excluding carboxylic acids is 3. The van der Waals surface area contributed by atoms with Crippen molar-refractivity contribution in [2.45, 2.75) is 13.8 Å². The van der Waals surface area contributed by atoms with Gasteiger partial charge in [-0.15, -0.1) is 0 Å². The molecular formula is C16H20N2O5. The van der Waals surface area contributed by atoms with E-state index in [-0.39, 0.29) is 6.54 Å². The van der Waals surface area contributed by atoms with E-state index in [9.17, 15) is 14.4 Å². The summed E-state index contributed by atoms with van der Waals surface area (Å²) in [6.07, 6.45) is 0. The molecule has 0 spiro atoms. The van der Waals surface area contributed by atoms with Gasteiger partial charge < -0.3 is 14.8 Å². The van der Waals surface area contributed by atoms with Gasteiger partial charge in [-0.25, -0.2) is 9.59 Å². The molecule has 0 atom stereocenters. The minimum Gasteiger partial charge on any atom is -0.493 e. The molecule has 1 fully saturated rings. The highest BCUT2D eigenvalue weighted by Gasteiger charge is 2.26. The van der Waals surface area contributed by atoms with Crippen molar-refractivity contribution in [3.63, 3.8) is 0 Å². The number of carbonyl (C=O) groups is 3. The van der Waals surface area contributed by atoms with Crippen LogP contribution >= 0.6 is 0 Å². The van der Waals surface area contributed by atoms with Crippen molar-refractivity contribution in [1.82, 2.24) is 10.2 Å². The highest BCUT2D eigenvalue weighted by molar-refractivity contribution is 5.98. The van der Waals surface area contributed by atoms with Crippen LogP contribution in [0.3, 0.4) is 0 Å². The molecule has 2 rings (SSSR count). The summed E-state index contributed by atoms with van der Waals surface area (Å²) in [4.78, 5) is 36.0. The first kappa shape index (κ1) is 16.8. The van der Waals surface area contributed by atoms with Gasteiger partial charge in [-0.3, -0.25) is 9.69 Å². The number of nitrogens with zero attached hydrogens (tertiary/aromatic N) is 1. The molecule has 0 bridgehead atoms. The van der Waals surface area contributed by atoms with Crippen molar-refractivity contribution < 1.29 is 23.9 Å². The predicted molar refractivity (Wildman–Crippen MR) is 82.2 cm³/mol. The Labute approximate surface area is 134 Å². The number of rotatable bonds is 6. The fourth-order valence-corrected chi connectivity index (χ4v) is 1.95. The summed E-state index contributed by atoms with van der Waals surface area (Å²) in [7, 11) is 0. The summed E-state index contributed by atoms with van der Waals surface area (Å²) < 4.78 is 10.5. The van der Waals surface area contributed by atoms with Gasteiger partial charge >= 0.3 is 12.0 Å². The molecule has 1 aromatic carbocycles. The number of hydrogen-bond acceptors (Lipinski definition) is 5. The highest BCUT2D eigenvalue weighted by Crippen LogP contribution is 2.14. The molecule has 124 valence electrons. The van der Waals surface area contributed by atoms with Crippen LogP contribution in [0.25, 0.3) is 0 Å². The molecule has 1 saturated heterocycles. The van der Waals surface area contributed by atoms with E-state index in [0.29, 0.717) is 30.4 Å². The van der Waals surface area contributed by atoms with Crippen LogP contribution in [0.5, 0.6) is 5.75 Å². The minimum atomic E-state index is -0.617. The lowest BCUT2D eigenvalue weighted by Gasteiger charge is -2.12. The van der Waals surface area contributed by atoms with Crippen LogP contribution in [0.2, 0.25) is 0 Å². The Morgan fingerprint density at radius 3 is 2.52 bits per heavy atom. The van der Waals surface area contributed by atoms with Gasteiger partial charge in [-0.2, -0.15) is 0 Å². The zero-order valence-corrected chi connectivity index (χ0v) is 13.2. The molecule has 0 radical (unpaired) electrons. The molecule has 0 unspecified atom stereocenters. The molecule has 0 aromatic heterocycles. The Balaban J connectivity index is 1.83. The number of benzene rings is 1. The SMILES string of the molecule is CC(C)COc1ccc(C(=O)OCC(=O)N2CCNC2=O)cc1. The number of urea groups is 1. The van der Waals surface area contributed by atoms with Gasteiger partial charge in [0.05, 0.1) is 12.2 Å². The average molecular weight is 320 g/mol. The van der Waals surface area contributed by atoms with E-state index in [2.05, 4.69) is 5.32 Å². The highest BCUT2D eigenvalue weighted by atomic mass is 16.5. The van der Waals surface area contributed by atoms with Gasteiger partial charge in [0.1, 0.15) is 5.75 Å². The maximum absolute atomic E-state index is 11.9. The quantitative estimate of drug-likeness (QED) is 0.802. The van der Waals surface area contributed by atoms with Gasteiger partial charge in [-0.05, 0) is 30.2 Å². The second-order valence-corrected chi connectivity index (χ2v) is 5.58. The summed E-state index contributed by atoms with van der Waals surface area (Å²) in [6.45, 7) is 4.92. The largest absolute Gasteiger partial charge is 0.493 e. The number of imide groups is 1. The van der Waals surface area contributed by atoms with Gasteiger partial charge in [0.2, 0.25) is 0 Å². The van der Waals surface area contributed by atoms with Crippen LogP contribution in [-0.4, -0.2) is 49.1 Å². The van der Waals surface area contributed by atoms with Gasteiger partial charge in [-0.1, -0.05) is 13.8 Å². The topological polar surface area (TPSA) is 84.9 Å². The van der Waals surface area contributed by atoms with E-state index >= 15 is 0 Å². The minimum absolute atomic E-state index is 0.289. The van der Waals surface area contributed by atoms with E-state index in [4.69, 9.17) is 9.47 Å². The maximum Gasteiger partial charge on any atom is 0.338 e. The molecular weight excluding hydrogens is 300 g/mol. The summed E-state index contributed by atoms with van der Waals surface area (Å²) in [5.41, 5.74) is 0.320. The Morgan fingerprint density at radius 2 is 1.96 bits per heavy atom. The molecule has 1 aromatic rings. The second-order valence-electron chi connectivity index (χ2n) is 5.58. The Kier molecular flexibility index (Phi) is 5.56. The molecule has 1 aliphatic rings. The molecule has 7 nitrogen and oxygen atoms in total. The van der Waals surface area contributed by atoms with Crippen LogP contribution in [0.1, 0.15) is 24.2 Å². The first-order valence-electron chi connectivity index (χ1n) is 7.45. The number of ether oxygens (including phenoxy) is 2. The smallest absolute Gasteiger partial charge is 0.338 e. The molecule has 3 amide bonds. The van der Waals surface area contributed by atoms with Crippen LogP contribution < -0.4 is 10.1 Å². The van der Waals surface area contributed by atoms with E-state index < -0.39 is 24.5 Å². The summed E-state index contributed by atoms with van der Waals surface area (Å²) in [5, 5.41) is 2.51. The first-order valence-corrected chi connectivity index (χ1v) is 7.45. The lowest BCUT2D eigenvalue weighted by molar-refractivity contribution is -0.130. The van der Waals surface area contributed by atoms with Crippen LogP contribution in [0.15, 0.2) is 24.3 Å². The third-order valence-electron chi connectivity index (χ3n) is 3.16. The Hall–Kier alpha value is -2.57. The molecule has 1 aliphatic heterocycles. The third kappa shape index (κ3) is 4.70. The molecule has 0 aliphatic carbocycles. The van der Waals surface area contributed by atoms with Gasteiger partial charge in [0, 0.05) is 13.1 Å². The zero-order valence-electron chi connectivity index (χ0n) is 13.2. The summed E-state index contributed by atoms with van der Waals surface area (Å²) in [5.74, 6) is -0.0768. The third-order valence-corrected chi connectivity index (χ3v) is 3.16. The second kappa shape index (κ2) is 7.62. The predicted octanol–water partition coefficient (Wildman–Crippen LogP) is 1.43. The van der Waals surface area contributed by atoms with Crippen molar-refractivity contribution >= 4 is 17.9 Å². The molecule has 0 saturated carbocycles. The fourth-order valence-electron chi connectivity index (χ4n) is 1.95. The molecule has 23 heavy (non-hydrogen) atoms.